The minimum Gasteiger partial charge on any atom is -0.494 e. The fourth-order valence-corrected chi connectivity index (χ4v) is 3.28. The van der Waals surface area contributed by atoms with Crippen molar-refractivity contribution in [2.45, 2.75) is 26.4 Å². The van der Waals surface area contributed by atoms with E-state index in [4.69, 9.17) is 10.5 Å². The Bertz CT molecular complexity index is 1300. The van der Waals surface area contributed by atoms with E-state index < -0.39 is 5.82 Å². The number of halogens is 1. The van der Waals surface area contributed by atoms with Gasteiger partial charge in [-0.25, -0.2) is 19.0 Å². The molecule has 0 aliphatic heterocycles. The van der Waals surface area contributed by atoms with E-state index in [-0.39, 0.29) is 29.8 Å². The Balaban J connectivity index is 1.77. The molecule has 0 bridgehead atoms. The minimum atomic E-state index is -0.500. The molecule has 0 atom stereocenters. The summed E-state index contributed by atoms with van der Waals surface area (Å²) >= 11 is 0. The van der Waals surface area contributed by atoms with Gasteiger partial charge in [-0.05, 0) is 26.0 Å². The fraction of sp³-hybridized carbons (Fsp3) is 0.250. The quantitative estimate of drug-likeness (QED) is 0.538. The zero-order valence-corrected chi connectivity index (χ0v) is 16.7. The van der Waals surface area contributed by atoms with Crippen molar-refractivity contribution in [3.05, 3.63) is 58.4 Å². The van der Waals surface area contributed by atoms with Gasteiger partial charge in [-0.2, -0.15) is 0 Å². The minimum absolute atomic E-state index is 0.000151. The standard InChI is InChI=1S/C20H20FN7O2/c1-11(2)28-6-4-5-12(19(28)29)9-27-10-15(25-26-27)17-14-7-13(21)8-16(30-3)18(14)24-20(22)23-17/h4-8,10-11H,9H2,1-3H3,(H2,22,23,24). The van der Waals surface area contributed by atoms with Crippen LogP contribution >= 0.6 is 0 Å². The second-order valence-electron chi connectivity index (χ2n) is 7.08. The molecule has 0 radical (unpaired) electrons. The number of hydrogen-bond donors (Lipinski definition) is 1. The van der Waals surface area contributed by atoms with Crippen molar-refractivity contribution in [2.24, 2.45) is 0 Å². The summed E-state index contributed by atoms with van der Waals surface area (Å²) in [6.45, 7) is 4.11. The topological polar surface area (TPSA) is 114 Å². The van der Waals surface area contributed by atoms with Crippen molar-refractivity contribution in [1.29, 1.82) is 0 Å². The van der Waals surface area contributed by atoms with Gasteiger partial charge in [-0.1, -0.05) is 11.3 Å². The Morgan fingerprint density at radius 1 is 1.27 bits per heavy atom. The van der Waals surface area contributed by atoms with Gasteiger partial charge in [-0.15, -0.1) is 5.10 Å². The molecule has 1 aromatic carbocycles. The van der Waals surface area contributed by atoms with Crippen molar-refractivity contribution in [3.63, 3.8) is 0 Å². The summed E-state index contributed by atoms with van der Waals surface area (Å²) in [7, 11) is 1.42. The summed E-state index contributed by atoms with van der Waals surface area (Å²) in [5.74, 6) is -0.258. The van der Waals surface area contributed by atoms with Gasteiger partial charge in [0.2, 0.25) is 5.95 Å². The SMILES string of the molecule is COc1cc(F)cc2c(-c3cn(Cc4cccn(C(C)C)c4=O)nn3)nc(N)nc12. The number of nitrogens with zero attached hydrogens (tertiary/aromatic N) is 6. The van der Waals surface area contributed by atoms with Crippen molar-refractivity contribution < 1.29 is 9.13 Å². The predicted octanol–water partition coefficient (Wildman–Crippen LogP) is 2.41. The maximum atomic E-state index is 14.1. The molecule has 9 nitrogen and oxygen atoms in total. The monoisotopic (exact) mass is 409 g/mol. The molecular formula is C20H20FN7O2. The number of nitrogen functional groups attached to an aromatic ring is 1. The number of pyridine rings is 1. The van der Waals surface area contributed by atoms with E-state index in [0.29, 0.717) is 27.9 Å². The number of ether oxygens (including phenoxy) is 1. The molecule has 10 heteroatoms. The van der Waals surface area contributed by atoms with Crippen LogP contribution in [0.2, 0.25) is 0 Å². The van der Waals surface area contributed by atoms with Gasteiger partial charge in [-0.3, -0.25) is 4.79 Å². The second kappa shape index (κ2) is 7.54. The second-order valence-corrected chi connectivity index (χ2v) is 7.08. The van der Waals surface area contributed by atoms with Crippen molar-refractivity contribution in [3.8, 4) is 17.1 Å². The van der Waals surface area contributed by atoms with Crippen LogP contribution in [0.4, 0.5) is 10.3 Å². The molecule has 3 heterocycles. The molecule has 30 heavy (non-hydrogen) atoms. The first-order chi connectivity index (χ1) is 14.4. The lowest BCUT2D eigenvalue weighted by molar-refractivity contribution is 0.415. The number of anilines is 1. The number of aromatic nitrogens is 6. The van der Waals surface area contributed by atoms with Crippen LogP contribution in [0.3, 0.4) is 0 Å². The Hall–Kier alpha value is -3.82. The summed E-state index contributed by atoms with van der Waals surface area (Å²) in [6.07, 6.45) is 3.38. The molecule has 0 amide bonds. The molecule has 3 aromatic heterocycles. The lowest BCUT2D eigenvalue weighted by Gasteiger charge is -2.11. The number of benzene rings is 1. The summed E-state index contributed by atoms with van der Waals surface area (Å²) in [5, 5.41) is 8.64. The van der Waals surface area contributed by atoms with E-state index in [0.717, 1.165) is 0 Å². The van der Waals surface area contributed by atoms with Crippen LogP contribution in [0, 0.1) is 5.82 Å². The first-order valence-corrected chi connectivity index (χ1v) is 9.28. The first-order valence-electron chi connectivity index (χ1n) is 9.28. The fourth-order valence-electron chi connectivity index (χ4n) is 3.28. The number of nitrogens with two attached hydrogens (primary N) is 1. The highest BCUT2D eigenvalue weighted by atomic mass is 19.1. The summed E-state index contributed by atoms with van der Waals surface area (Å²) in [5.41, 5.74) is 7.41. The zero-order chi connectivity index (χ0) is 21.4. The lowest BCUT2D eigenvalue weighted by atomic mass is 10.1. The third kappa shape index (κ3) is 3.47. The van der Waals surface area contributed by atoms with Gasteiger partial charge in [0.05, 0.1) is 19.9 Å². The van der Waals surface area contributed by atoms with Crippen LogP contribution in [0.1, 0.15) is 25.5 Å². The molecule has 154 valence electrons. The van der Waals surface area contributed by atoms with Gasteiger partial charge in [0, 0.05) is 29.3 Å². The third-order valence-electron chi connectivity index (χ3n) is 4.69. The molecule has 0 spiro atoms. The van der Waals surface area contributed by atoms with Crippen molar-refractivity contribution >= 4 is 16.9 Å². The largest absolute Gasteiger partial charge is 0.494 e. The van der Waals surface area contributed by atoms with Gasteiger partial charge in [0.1, 0.15) is 28.5 Å². The molecule has 4 rings (SSSR count). The predicted molar refractivity (Wildman–Crippen MR) is 110 cm³/mol. The Kier molecular flexibility index (Phi) is 4.90. The number of methoxy groups -OCH3 is 1. The van der Waals surface area contributed by atoms with Gasteiger partial charge >= 0.3 is 0 Å². The maximum absolute atomic E-state index is 14.1. The van der Waals surface area contributed by atoms with Gasteiger partial charge in [0.15, 0.2) is 0 Å². The third-order valence-corrected chi connectivity index (χ3v) is 4.69. The molecule has 0 aliphatic rings. The van der Waals surface area contributed by atoms with Gasteiger partial charge < -0.3 is 15.0 Å². The zero-order valence-electron chi connectivity index (χ0n) is 16.7. The molecule has 2 N–H and O–H groups in total. The average Bonchev–Trinajstić information content (AvgIpc) is 3.17. The van der Waals surface area contributed by atoms with E-state index in [9.17, 15) is 9.18 Å². The van der Waals surface area contributed by atoms with Crippen molar-refractivity contribution in [2.75, 3.05) is 12.8 Å². The highest BCUT2D eigenvalue weighted by Crippen LogP contribution is 2.32. The van der Waals surface area contributed by atoms with E-state index in [1.165, 1.54) is 23.9 Å². The highest BCUT2D eigenvalue weighted by molar-refractivity contribution is 5.95. The van der Waals surface area contributed by atoms with Crippen LogP contribution in [0.25, 0.3) is 22.3 Å². The average molecular weight is 409 g/mol. The lowest BCUT2D eigenvalue weighted by Crippen LogP contribution is -2.25. The van der Waals surface area contributed by atoms with Gasteiger partial charge in [0.25, 0.3) is 5.56 Å². The van der Waals surface area contributed by atoms with E-state index in [2.05, 4.69) is 20.3 Å². The highest BCUT2D eigenvalue weighted by Gasteiger charge is 2.17. The number of hydrogen-bond acceptors (Lipinski definition) is 7. The normalized spacial score (nSPS) is 11.4. The molecule has 0 fully saturated rings. The molecular weight excluding hydrogens is 389 g/mol. The molecule has 0 saturated heterocycles. The summed E-state index contributed by atoms with van der Waals surface area (Å²) < 4.78 is 22.5. The van der Waals surface area contributed by atoms with Crippen LogP contribution in [-0.2, 0) is 6.54 Å². The van der Waals surface area contributed by atoms with Crippen LogP contribution < -0.4 is 16.0 Å². The van der Waals surface area contributed by atoms with E-state index in [1.54, 1.807) is 23.0 Å². The molecule has 0 aliphatic carbocycles. The molecule has 0 unspecified atom stereocenters. The molecule has 0 saturated carbocycles. The summed E-state index contributed by atoms with van der Waals surface area (Å²) in [6, 6.07) is 6.14. The summed E-state index contributed by atoms with van der Waals surface area (Å²) in [4.78, 5) is 21.0. The Labute approximate surface area is 170 Å². The Morgan fingerprint density at radius 3 is 2.80 bits per heavy atom. The van der Waals surface area contributed by atoms with E-state index >= 15 is 0 Å². The molecule has 4 aromatic rings. The maximum Gasteiger partial charge on any atom is 0.255 e. The smallest absolute Gasteiger partial charge is 0.255 e. The van der Waals surface area contributed by atoms with Crippen molar-refractivity contribution in [1.82, 2.24) is 29.5 Å². The Morgan fingerprint density at radius 2 is 2.07 bits per heavy atom. The van der Waals surface area contributed by atoms with Crippen LogP contribution in [-0.4, -0.2) is 36.6 Å². The van der Waals surface area contributed by atoms with E-state index in [1.807, 2.05) is 19.9 Å². The van der Waals surface area contributed by atoms with Crippen LogP contribution in [0.15, 0.2) is 41.5 Å². The van der Waals surface area contributed by atoms with Crippen LogP contribution in [0.5, 0.6) is 5.75 Å². The number of fused-ring (bicyclic) bond motifs is 1. The number of rotatable bonds is 5. The first kappa shape index (κ1) is 19.5.